The van der Waals surface area contributed by atoms with Crippen LogP contribution < -0.4 is 16.4 Å². The highest BCUT2D eigenvalue weighted by Gasteiger charge is 2.39. The molecule has 43 heavy (non-hydrogen) atoms. The summed E-state index contributed by atoms with van der Waals surface area (Å²) < 4.78 is 5.39. The maximum absolute atomic E-state index is 14.4. The van der Waals surface area contributed by atoms with Gasteiger partial charge in [0.1, 0.15) is 17.7 Å². The number of benzene rings is 3. The Bertz CT molecular complexity index is 1520. The third-order valence-corrected chi connectivity index (χ3v) is 6.94. The van der Waals surface area contributed by atoms with Gasteiger partial charge in [-0.3, -0.25) is 14.4 Å². The summed E-state index contributed by atoms with van der Waals surface area (Å²) in [7, 11) is 0. The highest BCUT2D eigenvalue weighted by Crippen LogP contribution is 2.30. The third kappa shape index (κ3) is 8.82. The maximum Gasteiger partial charge on any atom is 0.408 e. The summed E-state index contributed by atoms with van der Waals surface area (Å²) in [5.74, 6) is 0.926. The number of rotatable bonds is 11. The van der Waals surface area contributed by atoms with Crippen LogP contribution in [0.2, 0.25) is 0 Å². The Labute approximate surface area is 253 Å². The fourth-order valence-corrected chi connectivity index (χ4v) is 4.73. The smallest absolute Gasteiger partial charge is 0.408 e. The Morgan fingerprint density at radius 1 is 1.00 bits per heavy atom. The lowest BCUT2D eigenvalue weighted by Crippen LogP contribution is -2.55. The minimum Gasteiger partial charge on any atom is -0.444 e. The van der Waals surface area contributed by atoms with Crippen molar-refractivity contribution in [1.29, 1.82) is 0 Å². The first-order valence-electron chi connectivity index (χ1n) is 14.3. The number of carbonyl (C=O) groups is 4. The number of nitrogens with two attached hydrogens (primary N) is 1. The van der Waals surface area contributed by atoms with E-state index in [-0.39, 0.29) is 12.8 Å². The van der Waals surface area contributed by atoms with Crippen LogP contribution in [0.3, 0.4) is 0 Å². The zero-order valence-electron chi connectivity index (χ0n) is 25.3. The number of nitrogens with zero attached hydrogens (tertiary/aromatic N) is 1. The molecule has 3 rings (SSSR count). The average molecular weight is 585 g/mol. The van der Waals surface area contributed by atoms with Gasteiger partial charge in [0, 0.05) is 23.7 Å². The Morgan fingerprint density at radius 2 is 1.65 bits per heavy atom. The van der Waals surface area contributed by atoms with Gasteiger partial charge < -0.3 is 26.0 Å². The van der Waals surface area contributed by atoms with Gasteiger partial charge in [-0.2, -0.15) is 0 Å². The quantitative estimate of drug-likeness (QED) is 0.264. The number of ether oxygens (including phenoxy) is 1. The fraction of sp³-hybridized carbons (Fsp3) is 0.353. The molecule has 9 nitrogen and oxygen atoms in total. The lowest BCUT2D eigenvalue weighted by atomic mass is 9.95. The van der Waals surface area contributed by atoms with E-state index in [0.29, 0.717) is 23.2 Å². The lowest BCUT2D eigenvalue weighted by Gasteiger charge is -2.38. The van der Waals surface area contributed by atoms with Crippen molar-refractivity contribution in [2.45, 2.75) is 77.6 Å². The molecule has 0 aliphatic heterocycles. The van der Waals surface area contributed by atoms with E-state index in [4.69, 9.17) is 16.9 Å². The molecular weight excluding hydrogens is 544 g/mol. The van der Waals surface area contributed by atoms with Crippen LogP contribution in [-0.2, 0) is 19.1 Å². The first-order chi connectivity index (χ1) is 20.3. The minimum atomic E-state index is -1.20. The normalized spacial score (nSPS) is 13.2. The molecule has 4 amide bonds. The zero-order valence-corrected chi connectivity index (χ0v) is 25.3. The van der Waals surface area contributed by atoms with Crippen LogP contribution in [-0.4, -0.2) is 46.4 Å². The number of hydrogen-bond donors (Lipinski definition) is 3. The fourth-order valence-electron chi connectivity index (χ4n) is 4.73. The Morgan fingerprint density at radius 3 is 2.28 bits per heavy atom. The summed E-state index contributed by atoms with van der Waals surface area (Å²) in [5, 5.41) is 7.52. The van der Waals surface area contributed by atoms with Gasteiger partial charge in [-0.1, -0.05) is 61.4 Å². The molecule has 9 heteroatoms. The van der Waals surface area contributed by atoms with E-state index in [1.54, 1.807) is 51.1 Å². The zero-order chi connectivity index (χ0) is 31.7. The molecule has 3 atom stereocenters. The van der Waals surface area contributed by atoms with Crippen LogP contribution in [0, 0.1) is 12.3 Å². The summed E-state index contributed by atoms with van der Waals surface area (Å²) in [4.78, 5) is 54.5. The first-order valence-corrected chi connectivity index (χ1v) is 14.3. The second-order valence-electron chi connectivity index (χ2n) is 11.4. The number of carbonyl (C=O) groups excluding carboxylic acids is 4. The van der Waals surface area contributed by atoms with Crippen LogP contribution in [0.4, 0.5) is 10.5 Å². The first kappa shape index (κ1) is 32.7. The van der Waals surface area contributed by atoms with Crippen LogP contribution >= 0.6 is 0 Å². The molecule has 4 N–H and O–H groups in total. The second kappa shape index (κ2) is 14.4. The predicted octanol–water partition coefficient (Wildman–Crippen LogP) is 5.29. The minimum absolute atomic E-state index is 0.0872. The van der Waals surface area contributed by atoms with E-state index in [1.165, 1.54) is 4.90 Å². The molecule has 226 valence electrons. The Hall–Kier alpha value is -4.84. The second-order valence-corrected chi connectivity index (χ2v) is 11.4. The van der Waals surface area contributed by atoms with Crippen molar-refractivity contribution in [3.63, 3.8) is 0 Å². The standard InChI is InChI=1S/C34H40N4O5/c1-7-22(3)38(32(41)28(19-20-29(35)39)37-33(42)43-34(4,5)6)30(27-16-12-11-13-23(27)8-2)31(40)36-26-18-17-24-14-9-10-15-25(24)21-26/h2,9-18,21-22,28,30H,7,19-20H2,1,3-6H3,(H2,35,39)(H,36,40)(H,37,42). The van der Waals surface area contributed by atoms with Crippen LogP contribution in [0.25, 0.3) is 10.8 Å². The number of terminal acetylenes is 1. The van der Waals surface area contributed by atoms with E-state index in [1.807, 2.05) is 50.2 Å². The highest BCUT2D eigenvalue weighted by molar-refractivity contribution is 6.01. The van der Waals surface area contributed by atoms with E-state index in [0.717, 1.165) is 10.8 Å². The number of alkyl carbamates (subject to hydrolysis) is 1. The number of nitrogens with one attached hydrogen (secondary N) is 2. The molecule has 0 bridgehead atoms. The third-order valence-electron chi connectivity index (χ3n) is 6.94. The maximum atomic E-state index is 14.4. The molecule has 3 aromatic rings. The van der Waals surface area contributed by atoms with Gasteiger partial charge in [0.2, 0.25) is 11.8 Å². The molecule has 3 unspecified atom stereocenters. The van der Waals surface area contributed by atoms with Gasteiger partial charge in [0.15, 0.2) is 0 Å². The largest absolute Gasteiger partial charge is 0.444 e. The highest BCUT2D eigenvalue weighted by atomic mass is 16.6. The predicted molar refractivity (Wildman–Crippen MR) is 168 cm³/mol. The van der Waals surface area contributed by atoms with Crippen molar-refractivity contribution in [1.82, 2.24) is 10.2 Å². The molecule has 0 saturated heterocycles. The summed E-state index contributed by atoms with van der Waals surface area (Å²) in [6, 6.07) is 17.4. The number of anilines is 1. The number of hydrogen-bond acceptors (Lipinski definition) is 5. The van der Waals surface area contributed by atoms with Gasteiger partial charge in [0.05, 0.1) is 0 Å². The van der Waals surface area contributed by atoms with Crippen molar-refractivity contribution in [3.05, 3.63) is 77.9 Å². The van der Waals surface area contributed by atoms with E-state index in [9.17, 15) is 19.2 Å². The van der Waals surface area contributed by atoms with Crippen molar-refractivity contribution < 1.29 is 23.9 Å². The van der Waals surface area contributed by atoms with E-state index >= 15 is 0 Å². The number of fused-ring (bicyclic) bond motifs is 1. The van der Waals surface area contributed by atoms with Gasteiger partial charge in [-0.15, -0.1) is 6.42 Å². The molecule has 0 saturated carbocycles. The van der Waals surface area contributed by atoms with Crippen LogP contribution in [0.15, 0.2) is 66.7 Å². The van der Waals surface area contributed by atoms with E-state index in [2.05, 4.69) is 16.6 Å². The molecule has 0 aliphatic carbocycles. The SMILES string of the molecule is C#Cc1ccccc1C(C(=O)Nc1ccc2ccccc2c1)N(C(=O)C(CCC(N)=O)NC(=O)OC(C)(C)C)C(C)CC. The average Bonchev–Trinajstić information content (AvgIpc) is 2.96. The molecule has 0 heterocycles. The monoisotopic (exact) mass is 584 g/mol. The summed E-state index contributed by atoms with van der Waals surface area (Å²) in [6.45, 7) is 8.79. The van der Waals surface area contributed by atoms with Gasteiger partial charge >= 0.3 is 6.09 Å². The molecule has 0 radical (unpaired) electrons. The molecule has 3 aromatic carbocycles. The topological polar surface area (TPSA) is 131 Å². The van der Waals surface area contributed by atoms with Gasteiger partial charge in [-0.25, -0.2) is 4.79 Å². The van der Waals surface area contributed by atoms with Crippen molar-refractivity contribution >= 4 is 40.3 Å². The lowest BCUT2D eigenvalue weighted by molar-refractivity contribution is -0.143. The molecule has 0 fully saturated rings. The van der Waals surface area contributed by atoms with Crippen LogP contribution in [0.1, 0.15) is 71.0 Å². The van der Waals surface area contributed by atoms with Gasteiger partial charge in [0.25, 0.3) is 5.91 Å². The number of amides is 4. The van der Waals surface area contributed by atoms with Crippen LogP contribution in [0.5, 0.6) is 0 Å². The summed E-state index contributed by atoms with van der Waals surface area (Å²) >= 11 is 0. The molecule has 0 aromatic heterocycles. The Balaban J connectivity index is 2.10. The van der Waals surface area contributed by atoms with Gasteiger partial charge in [-0.05, 0) is 75.1 Å². The Kier molecular flexibility index (Phi) is 10.9. The summed E-state index contributed by atoms with van der Waals surface area (Å²) in [5.41, 5.74) is 6.01. The summed E-state index contributed by atoms with van der Waals surface area (Å²) in [6.07, 6.45) is 5.24. The van der Waals surface area contributed by atoms with Crippen molar-refractivity contribution in [3.8, 4) is 12.3 Å². The van der Waals surface area contributed by atoms with Crippen molar-refractivity contribution in [2.75, 3.05) is 5.32 Å². The molecule has 0 aliphatic rings. The number of primary amides is 1. The van der Waals surface area contributed by atoms with E-state index < -0.39 is 47.5 Å². The van der Waals surface area contributed by atoms with Crippen molar-refractivity contribution in [2.24, 2.45) is 5.73 Å². The molecule has 0 spiro atoms. The molecular formula is C34H40N4O5.